The monoisotopic (exact) mass is 334 g/mol. The van der Waals surface area contributed by atoms with Crippen molar-refractivity contribution in [3.63, 3.8) is 0 Å². The summed E-state index contributed by atoms with van der Waals surface area (Å²) in [6, 6.07) is 8.48. The van der Waals surface area contributed by atoms with Crippen LogP contribution in [0.4, 0.5) is 0 Å². The van der Waals surface area contributed by atoms with Crippen LogP contribution in [0.2, 0.25) is 0 Å². The molecule has 5 heteroatoms. The molecule has 1 aromatic rings. The van der Waals surface area contributed by atoms with Crippen LogP contribution in [0, 0.1) is 12.8 Å². The molecule has 0 spiro atoms. The molecule has 22 heavy (non-hydrogen) atoms. The normalized spacial score (nSPS) is 22.8. The highest BCUT2D eigenvalue weighted by Gasteiger charge is 2.45. The number of thiocarbonyl (C=S) groups is 1. The summed E-state index contributed by atoms with van der Waals surface area (Å²) < 4.78 is 0. The Morgan fingerprint density at radius 3 is 2.64 bits per heavy atom. The second-order valence-electron chi connectivity index (χ2n) is 6.18. The number of nitrogens with one attached hydrogen (secondary N) is 1. The molecule has 118 valence electrons. The van der Waals surface area contributed by atoms with Gasteiger partial charge in [0.1, 0.15) is 6.04 Å². The van der Waals surface area contributed by atoms with Crippen molar-refractivity contribution in [2.45, 2.75) is 38.3 Å². The highest BCUT2D eigenvalue weighted by atomic mass is 32.2. The molecule has 1 saturated heterocycles. The Labute approximate surface area is 141 Å². The topological polar surface area (TPSA) is 32.3 Å². The van der Waals surface area contributed by atoms with Crippen LogP contribution in [0.15, 0.2) is 24.3 Å². The van der Waals surface area contributed by atoms with Gasteiger partial charge in [0.2, 0.25) is 0 Å². The smallest absolute Gasteiger partial charge is 0.251 e. The predicted molar refractivity (Wildman–Crippen MR) is 96.0 cm³/mol. The molecule has 0 bridgehead atoms. The fourth-order valence-corrected chi connectivity index (χ4v) is 3.87. The summed E-state index contributed by atoms with van der Waals surface area (Å²) in [5.74, 6) is 1.67. The number of amides is 1. The van der Waals surface area contributed by atoms with Gasteiger partial charge in [-0.25, -0.2) is 0 Å². The average Bonchev–Trinajstić information content (AvgIpc) is 3.29. The predicted octanol–water partition coefficient (Wildman–Crippen LogP) is 3.28. The van der Waals surface area contributed by atoms with E-state index in [2.05, 4.69) is 42.8 Å². The molecule has 3 nitrogen and oxygen atoms in total. The highest BCUT2D eigenvalue weighted by molar-refractivity contribution is 7.98. The van der Waals surface area contributed by atoms with Crippen LogP contribution in [0.3, 0.4) is 0 Å². The van der Waals surface area contributed by atoms with E-state index in [4.69, 9.17) is 12.2 Å². The van der Waals surface area contributed by atoms with E-state index in [1.807, 2.05) is 4.90 Å². The molecule has 2 fully saturated rings. The summed E-state index contributed by atoms with van der Waals surface area (Å²) in [6.07, 6.45) is 5.26. The minimum absolute atomic E-state index is 0.104. The average molecular weight is 335 g/mol. The number of hydrogen-bond acceptors (Lipinski definition) is 3. The lowest BCUT2D eigenvalue weighted by Crippen LogP contribution is -2.36. The quantitative estimate of drug-likeness (QED) is 0.809. The molecule has 1 amide bonds. The van der Waals surface area contributed by atoms with E-state index >= 15 is 0 Å². The molecule has 1 aliphatic carbocycles. The zero-order valence-electron chi connectivity index (χ0n) is 13.0. The van der Waals surface area contributed by atoms with Crippen molar-refractivity contribution in [1.82, 2.24) is 10.2 Å². The SMILES string of the molecule is CSCC[C@@H]1NC(=S)N([C@H](c2ccc(C)cc2)C2CC2)C1=O. The fourth-order valence-electron chi connectivity index (χ4n) is 3.05. The van der Waals surface area contributed by atoms with Crippen molar-refractivity contribution in [1.29, 1.82) is 0 Å². The molecule has 2 atom stereocenters. The third-order valence-electron chi connectivity index (χ3n) is 4.43. The van der Waals surface area contributed by atoms with Crippen molar-refractivity contribution >= 4 is 35.0 Å². The van der Waals surface area contributed by atoms with Crippen LogP contribution < -0.4 is 5.32 Å². The summed E-state index contributed by atoms with van der Waals surface area (Å²) in [5, 5.41) is 3.83. The zero-order valence-corrected chi connectivity index (χ0v) is 14.7. The standard InChI is InChI=1S/C17H22N2OS2/c1-11-3-5-12(6-4-11)15(13-7-8-13)19-16(20)14(9-10-22-2)18-17(19)21/h3-6,13-15H,7-10H2,1-2H3,(H,18,21)/t14-,15+/m0/s1. The van der Waals surface area contributed by atoms with E-state index in [0.717, 1.165) is 12.2 Å². The lowest BCUT2D eigenvalue weighted by atomic mass is 9.99. The largest absolute Gasteiger partial charge is 0.350 e. The van der Waals surface area contributed by atoms with E-state index in [9.17, 15) is 4.79 Å². The van der Waals surface area contributed by atoms with Gasteiger partial charge >= 0.3 is 0 Å². The van der Waals surface area contributed by atoms with Gasteiger partial charge in [-0.1, -0.05) is 29.8 Å². The molecule has 2 aliphatic rings. The summed E-state index contributed by atoms with van der Waals surface area (Å²) in [4.78, 5) is 14.7. The maximum atomic E-state index is 12.8. The number of aryl methyl sites for hydroxylation is 1. The fraction of sp³-hybridized carbons (Fsp3) is 0.529. The van der Waals surface area contributed by atoms with Crippen LogP contribution in [0.25, 0.3) is 0 Å². The molecular formula is C17H22N2OS2. The van der Waals surface area contributed by atoms with Crippen LogP contribution in [0.5, 0.6) is 0 Å². The second-order valence-corrected chi connectivity index (χ2v) is 7.56. The summed E-state index contributed by atoms with van der Waals surface area (Å²) >= 11 is 7.25. The number of nitrogens with zero attached hydrogens (tertiary/aromatic N) is 1. The van der Waals surface area contributed by atoms with Crippen LogP contribution in [-0.4, -0.2) is 34.0 Å². The maximum absolute atomic E-state index is 12.8. The Hall–Kier alpha value is -1.07. The van der Waals surface area contributed by atoms with Gasteiger partial charge in [0.25, 0.3) is 5.91 Å². The number of carbonyl (C=O) groups excluding carboxylic acids is 1. The molecule has 1 heterocycles. The Kier molecular flexibility index (Phi) is 4.73. The van der Waals surface area contributed by atoms with E-state index in [-0.39, 0.29) is 18.0 Å². The van der Waals surface area contributed by atoms with Gasteiger partial charge in [-0.05, 0) is 61.9 Å². The summed E-state index contributed by atoms with van der Waals surface area (Å²) in [5.41, 5.74) is 2.45. The van der Waals surface area contributed by atoms with E-state index < -0.39 is 0 Å². The van der Waals surface area contributed by atoms with Gasteiger partial charge in [0.15, 0.2) is 5.11 Å². The van der Waals surface area contributed by atoms with Crippen molar-refractivity contribution < 1.29 is 4.79 Å². The van der Waals surface area contributed by atoms with Crippen LogP contribution in [-0.2, 0) is 4.79 Å². The number of rotatable bonds is 6. The molecule has 1 aliphatic heterocycles. The van der Waals surface area contributed by atoms with Gasteiger partial charge in [0, 0.05) is 0 Å². The number of carbonyl (C=O) groups is 1. The maximum Gasteiger partial charge on any atom is 0.251 e. The summed E-state index contributed by atoms with van der Waals surface area (Å²) in [6.45, 7) is 2.08. The molecule has 1 N–H and O–H groups in total. The molecule has 0 unspecified atom stereocenters. The van der Waals surface area contributed by atoms with Crippen molar-refractivity contribution in [2.75, 3.05) is 12.0 Å². The van der Waals surface area contributed by atoms with Crippen LogP contribution in [0.1, 0.15) is 36.4 Å². The van der Waals surface area contributed by atoms with Gasteiger partial charge in [-0.3, -0.25) is 9.69 Å². The van der Waals surface area contributed by atoms with E-state index in [1.54, 1.807) is 11.8 Å². The number of benzene rings is 1. The second kappa shape index (κ2) is 6.59. The lowest BCUT2D eigenvalue weighted by Gasteiger charge is -2.27. The van der Waals surface area contributed by atoms with Gasteiger partial charge in [-0.15, -0.1) is 0 Å². The Morgan fingerprint density at radius 2 is 2.05 bits per heavy atom. The Morgan fingerprint density at radius 1 is 1.36 bits per heavy atom. The first kappa shape index (κ1) is 15.8. The van der Waals surface area contributed by atoms with Crippen molar-refractivity contribution in [3.8, 4) is 0 Å². The first-order valence-corrected chi connectivity index (χ1v) is 9.61. The number of thioether (sulfide) groups is 1. The van der Waals surface area contributed by atoms with E-state index in [0.29, 0.717) is 11.0 Å². The molecular weight excluding hydrogens is 312 g/mol. The van der Waals surface area contributed by atoms with Gasteiger partial charge in [0.05, 0.1) is 6.04 Å². The highest BCUT2D eigenvalue weighted by Crippen LogP contribution is 2.45. The van der Waals surface area contributed by atoms with Gasteiger partial charge < -0.3 is 5.32 Å². The zero-order chi connectivity index (χ0) is 15.7. The molecule has 0 radical (unpaired) electrons. The Balaban J connectivity index is 1.84. The minimum Gasteiger partial charge on any atom is -0.350 e. The van der Waals surface area contributed by atoms with Crippen LogP contribution >= 0.6 is 24.0 Å². The minimum atomic E-state index is -0.147. The van der Waals surface area contributed by atoms with Gasteiger partial charge in [-0.2, -0.15) is 11.8 Å². The first-order chi connectivity index (χ1) is 10.6. The van der Waals surface area contributed by atoms with Crippen molar-refractivity contribution in [2.24, 2.45) is 5.92 Å². The summed E-state index contributed by atoms with van der Waals surface area (Å²) in [7, 11) is 0. The first-order valence-electron chi connectivity index (χ1n) is 7.81. The molecule has 1 aromatic carbocycles. The molecule has 0 aromatic heterocycles. The number of hydrogen-bond donors (Lipinski definition) is 1. The molecule has 3 rings (SSSR count). The molecule has 1 saturated carbocycles. The van der Waals surface area contributed by atoms with Crippen molar-refractivity contribution in [3.05, 3.63) is 35.4 Å². The third kappa shape index (κ3) is 3.15. The lowest BCUT2D eigenvalue weighted by molar-refractivity contribution is -0.129. The third-order valence-corrected chi connectivity index (χ3v) is 5.39. The Bertz CT molecular complexity index is 569. The van der Waals surface area contributed by atoms with E-state index in [1.165, 1.54) is 24.0 Å².